The summed E-state index contributed by atoms with van der Waals surface area (Å²) < 4.78 is 0. The zero-order valence-electron chi connectivity index (χ0n) is 10.9. The van der Waals surface area contributed by atoms with E-state index in [0.29, 0.717) is 5.25 Å². The molecule has 0 bridgehead atoms. The van der Waals surface area contributed by atoms with Crippen molar-refractivity contribution in [2.45, 2.75) is 25.0 Å². The highest BCUT2D eigenvalue weighted by molar-refractivity contribution is 7.99. The van der Waals surface area contributed by atoms with Gasteiger partial charge in [-0.1, -0.05) is 60.7 Å². The minimum atomic E-state index is 0.599. The maximum atomic E-state index is 2.29. The van der Waals surface area contributed by atoms with Crippen molar-refractivity contribution in [2.24, 2.45) is 0 Å². The first-order chi connectivity index (χ1) is 8.86. The Morgan fingerprint density at radius 3 is 2.17 bits per heavy atom. The Morgan fingerprint density at radius 1 is 0.889 bits per heavy atom. The Hall–Kier alpha value is -1.21. The van der Waals surface area contributed by atoms with Crippen molar-refractivity contribution in [3.05, 3.63) is 71.8 Å². The predicted octanol–water partition coefficient (Wildman–Crippen LogP) is 5.11. The highest BCUT2D eigenvalue weighted by Gasteiger charge is 2.04. The summed E-state index contributed by atoms with van der Waals surface area (Å²) >= 11 is 2.05. The van der Waals surface area contributed by atoms with Crippen LogP contribution >= 0.6 is 11.8 Å². The number of thioether (sulfide) groups is 1. The van der Waals surface area contributed by atoms with Gasteiger partial charge in [-0.2, -0.15) is 11.8 Å². The van der Waals surface area contributed by atoms with Gasteiger partial charge in [-0.15, -0.1) is 0 Å². The van der Waals surface area contributed by atoms with E-state index < -0.39 is 0 Å². The molecule has 0 radical (unpaired) electrons. The fraction of sp³-hybridized carbons (Fsp3) is 0.294. The van der Waals surface area contributed by atoms with Gasteiger partial charge in [0.05, 0.1) is 0 Å². The third kappa shape index (κ3) is 4.23. The number of hydrogen-bond donors (Lipinski definition) is 0. The first-order valence-corrected chi connectivity index (χ1v) is 7.61. The Morgan fingerprint density at radius 2 is 1.50 bits per heavy atom. The van der Waals surface area contributed by atoms with Gasteiger partial charge in [0.15, 0.2) is 0 Å². The average molecular weight is 256 g/mol. The largest absolute Gasteiger partial charge is 0.154 e. The Labute approximate surface area is 114 Å². The van der Waals surface area contributed by atoms with Gasteiger partial charge in [0.1, 0.15) is 0 Å². The molecule has 2 aromatic rings. The van der Waals surface area contributed by atoms with E-state index in [1.54, 1.807) is 0 Å². The summed E-state index contributed by atoms with van der Waals surface area (Å²) in [4.78, 5) is 0. The number of rotatable bonds is 6. The van der Waals surface area contributed by atoms with Crippen molar-refractivity contribution in [3.63, 3.8) is 0 Å². The van der Waals surface area contributed by atoms with Gasteiger partial charge in [-0.05, 0) is 36.6 Å². The van der Waals surface area contributed by atoms with Gasteiger partial charge in [0.2, 0.25) is 0 Å². The predicted molar refractivity (Wildman–Crippen MR) is 82.1 cm³/mol. The van der Waals surface area contributed by atoms with Gasteiger partial charge >= 0.3 is 0 Å². The molecule has 0 saturated heterocycles. The Bertz CT molecular complexity index is 436. The molecule has 94 valence electrons. The van der Waals surface area contributed by atoms with E-state index in [1.807, 2.05) is 11.8 Å². The van der Waals surface area contributed by atoms with Gasteiger partial charge in [-0.25, -0.2) is 0 Å². The Balaban J connectivity index is 1.70. The molecular weight excluding hydrogens is 236 g/mol. The van der Waals surface area contributed by atoms with Crippen molar-refractivity contribution >= 4 is 11.8 Å². The first-order valence-electron chi connectivity index (χ1n) is 6.57. The number of benzene rings is 2. The van der Waals surface area contributed by atoms with Crippen molar-refractivity contribution in [2.75, 3.05) is 5.75 Å². The molecule has 0 fully saturated rings. The number of aryl methyl sites for hydroxylation is 1. The van der Waals surface area contributed by atoms with Crippen LogP contribution in [0.25, 0.3) is 0 Å². The van der Waals surface area contributed by atoms with E-state index in [1.165, 1.54) is 29.7 Å². The van der Waals surface area contributed by atoms with Crippen LogP contribution in [0.15, 0.2) is 60.7 Å². The fourth-order valence-electron chi connectivity index (χ4n) is 2.00. The van der Waals surface area contributed by atoms with Crippen LogP contribution in [0.1, 0.15) is 29.7 Å². The van der Waals surface area contributed by atoms with E-state index in [-0.39, 0.29) is 0 Å². The van der Waals surface area contributed by atoms with E-state index in [0.717, 1.165) is 0 Å². The van der Waals surface area contributed by atoms with Crippen LogP contribution in [0.5, 0.6) is 0 Å². The number of hydrogen-bond acceptors (Lipinski definition) is 1. The second-order valence-electron chi connectivity index (χ2n) is 4.51. The highest BCUT2D eigenvalue weighted by Crippen LogP contribution is 2.28. The van der Waals surface area contributed by atoms with E-state index >= 15 is 0 Å². The zero-order valence-corrected chi connectivity index (χ0v) is 11.7. The maximum absolute atomic E-state index is 2.29. The lowest BCUT2D eigenvalue weighted by molar-refractivity contribution is 0.927. The molecule has 1 atom stereocenters. The van der Waals surface area contributed by atoms with Crippen LogP contribution in [-0.4, -0.2) is 5.75 Å². The summed E-state index contributed by atoms with van der Waals surface area (Å²) in [6.07, 6.45) is 2.45. The molecule has 0 nitrogen and oxygen atoms in total. The first kappa shape index (κ1) is 13.2. The summed E-state index contributed by atoms with van der Waals surface area (Å²) in [6.45, 7) is 2.29. The molecule has 1 unspecified atom stereocenters. The lowest BCUT2D eigenvalue weighted by Crippen LogP contribution is -1.92. The zero-order chi connectivity index (χ0) is 12.6. The van der Waals surface area contributed by atoms with Crippen molar-refractivity contribution < 1.29 is 0 Å². The normalized spacial score (nSPS) is 12.3. The third-order valence-electron chi connectivity index (χ3n) is 3.09. The minimum absolute atomic E-state index is 0.599. The molecule has 0 aromatic heterocycles. The molecule has 0 amide bonds. The molecule has 0 N–H and O–H groups in total. The summed E-state index contributed by atoms with van der Waals surface area (Å²) in [5.41, 5.74) is 2.88. The lowest BCUT2D eigenvalue weighted by atomic mass is 10.1. The van der Waals surface area contributed by atoms with Crippen LogP contribution in [0.3, 0.4) is 0 Å². The molecule has 0 heterocycles. The lowest BCUT2D eigenvalue weighted by Gasteiger charge is -2.11. The molecule has 2 aromatic carbocycles. The molecule has 18 heavy (non-hydrogen) atoms. The van der Waals surface area contributed by atoms with Gasteiger partial charge < -0.3 is 0 Å². The molecule has 0 aliphatic heterocycles. The average Bonchev–Trinajstić information content (AvgIpc) is 2.45. The minimum Gasteiger partial charge on any atom is -0.154 e. The van der Waals surface area contributed by atoms with Crippen LogP contribution in [-0.2, 0) is 6.42 Å². The van der Waals surface area contributed by atoms with Gasteiger partial charge in [0.25, 0.3) is 0 Å². The van der Waals surface area contributed by atoms with Crippen LogP contribution < -0.4 is 0 Å². The smallest absolute Gasteiger partial charge is 0.0269 e. The van der Waals surface area contributed by atoms with Crippen molar-refractivity contribution in [3.8, 4) is 0 Å². The summed E-state index contributed by atoms with van der Waals surface area (Å²) in [5.74, 6) is 1.23. The van der Waals surface area contributed by atoms with Crippen LogP contribution in [0.4, 0.5) is 0 Å². The SMILES string of the molecule is CC(SCCCc1ccccc1)c1ccccc1. The molecule has 0 aliphatic rings. The molecular formula is C17H20S. The second kappa shape index (κ2) is 7.27. The monoisotopic (exact) mass is 256 g/mol. The van der Waals surface area contributed by atoms with E-state index in [9.17, 15) is 0 Å². The molecule has 0 saturated carbocycles. The maximum Gasteiger partial charge on any atom is 0.0269 e. The van der Waals surface area contributed by atoms with Crippen LogP contribution in [0.2, 0.25) is 0 Å². The van der Waals surface area contributed by atoms with E-state index in [4.69, 9.17) is 0 Å². The topological polar surface area (TPSA) is 0 Å². The standard InChI is InChI=1S/C17H20S/c1-15(17-12-6-3-7-13-17)18-14-8-11-16-9-4-2-5-10-16/h2-7,9-10,12-13,15H,8,11,14H2,1H3. The fourth-order valence-corrected chi connectivity index (χ4v) is 3.02. The molecule has 2 rings (SSSR count). The molecule has 0 aliphatic carbocycles. The van der Waals surface area contributed by atoms with Gasteiger partial charge in [0, 0.05) is 5.25 Å². The quantitative estimate of drug-likeness (QED) is 0.647. The Kier molecular flexibility index (Phi) is 5.35. The van der Waals surface area contributed by atoms with E-state index in [2.05, 4.69) is 67.6 Å². The van der Waals surface area contributed by atoms with Crippen LogP contribution in [0, 0.1) is 0 Å². The second-order valence-corrected chi connectivity index (χ2v) is 5.96. The third-order valence-corrected chi connectivity index (χ3v) is 4.39. The summed E-state index contributed by atoms with van der Waals surface area (Å²) in [6, 6.07) is 21.5. The van der Waals surface area contributed by atoms with Crippen molar-refractivity contribution in [1.29, 1.82) is 0 Å². The summed E-state index contributed by atoms with van der Waals surface area (Å²) in [5, 5.41) is 0.599. The molecule has 0 spiro atoms. The van der Waals surface area contributed by atoms with Crippen molar-refractivity contribution in [1.82, 2.24) is 0 Å². The summed E-state index contributed by atoms with van der Waals surface area (Å²) in [7, 11) is 0. The van der Waals surface area contributed by atoms with Gasteiger partial charge in [-0.3, -0.25) is 0 Å². The molecule has 1 heteroatoms. The highest BCUT2D eigenvalue weighted by atomic mass is 32.2.